The van der Waals surface area contributed by atoms with Crippen LogP contribution in [0.5, 0.6) is 0 Å². The highest BCUT2D eigenvalue weighted by atomic mass is 16.2. The predicted octanol–water partition coefficient (Wildman–Crippen LogP) is -0.233. The molecule has 0 radical (unpaired) electrons. The fourth-order valence-corrected chi connectivity index (χ4v) is 2.59. The van der Waals surface area contributed by atoms with Gasteiger partial charge in [0, 0.05) is 19.0 Å². The number of carbonyl (C=O) groups excluding carboxylic acids is 2. The van der Waals surface area contributed by atoms with E-state index in [1.807, 2.05) is 4.90 Å². The minimum absolute atomic E-state index is 0.107. The smallest absolute Gasteiger partial charge is 0.239 e. The van der Waals surface area contributed by atoms with E-state index >= 15 is 0 Å². The third-order valence-corrected chi connectivity index (χ3v) is 3.44. The van der Waals surface area contributed by atoms with Crippen LogP contribution in [0, 0.1) is 5.92 Å². The zero-order chi connectivity index (χ0) is 10.8. The van der Waals surface area contributed by atoms with Crippen LogP contribution in [0.1, 0.15) is 32.1 Å². The van der Waals surface area contributed by atoms with E-state index in [1.165, 1.54) is 12.8 Å². The third-order valence-electron chi connectivity index (χ3n) is 3.44. The molecular formula is C10H17N3O2. The van der Waals surface area contributed by atoms with Crippen LogP contribution in [0.3, 0.4) is 0 Å². The number of rotatable bonds is 2. The van der Waals surface area contributed by atoms with Crippen molar-refractivity contribution in [2.24, 2.45) is 11.8 Å². The molecule has 1 unspecified atom stereocenters. The Morgan fingerprint density at radius 3 is 2.67 bits per heavy atom. The molecule has 3 N–H and O–H groups in total. The van der Waals surface area contributed by atoms with Crippen molar-refractivity contribution in [1.82, 2.24) is 10.3 Å². The number of nitrogens with zero attached hydrogens (tertiary/aromatic N) is 1. The second kappa shape index (κ2) is 4.18. The van der Waals surface area contributed by atoms with Crippen molar-refractivity contribution in [3.63, 3.8) is 0 Å². The molecule has 1 heterocycles. The monoisotopic (exact) mass is 211 g/mol. The molecule has 1 aliphatic heterocycles. The lowest BCUT2D eigenvalue weighted by atomic mass is 10.1. The first-order chi connectivity index (χ1) is 7.22. The Morgan fingerprint density at radius 1 is 1.40 bits per heavy atom. The number of hydrazine groups is 1. The Labute approximate surface area is 89.0 Å². The van der Waals surface area contributed by atoms with Gasteiger partial charge in [-0.3, -0.25) is 15.0 Å². The van der Waals surface area contributed by atoms with Gasteiger partial charge in [0.05, 0.1) is 5.92 Å². The lowest BCUT2D eigenvalue weighted by Gasteiger charge is -2.23. The summed E-state index contributed by atoms with van der Waals surface area (Å²) in [5, 5.41) is 0. The van der Waals surface area contributed by atoms with Crippen LogP contribution in [0.4, 0.5) is 0 Å². The highest BCUT2D eigenvalue weighted by Crippen LogP contribution is 2.29. The molecule has 2 rings (SSSR count). The highest BCUT2D eigenvalue weighted by Gasteiger charge is 2.38. The van der Waals surface area contributed by atoms with Gasteiger partial charge in [0.2, 0.25) is 11.8 Å². The molecule has 0 aromatic rings. The van der Waals surface area contributed by atoms with Crippen molar-refractivity contribution < 1.29 is 9.59 Å². The minimum Gasteiger partial charge on any atom is -0.339 e. The van der Waals surface area contributed by atoms with E-state index in [1.54, 1.807) is 0 Å². The van der Waals surface area contributed by atoms with Gasteiger partial charge in [-0.15, -0.1) is 0 Å². The first kappa shape index (κ1) is 10.4. The number of hydrogen-bond acceptors (Lipinski definition) is 3. The number of hydrogen-bond donors (Lipinski definition) is 2. The van der Waals surface area contributed by atoms with E-state index in [9.17, 15) is 9.59 Å². The summed E-state index contributed by atoms with van der Waals surface area (Å²) in [5.74, 6) is 4.71. The fourth-order valence-electron chi connectivity index (χ4n) is 2.59. The van der Waals surface area contributed by atoms with Gasteiger partial charge in [-0.2, -0.15) is 0 Å². The molecule has 5 heteroatoms. The number of amides is 2. The van der Waals surface area contributed by atoms with Crippen LogP contribution in [0.15, 0.2) is 0 Å². The van der Waals surface area contributed by atoms with Crippen molar-refractivity contribution in [2.75, 3.05) is 6.54 Å². The van der Waals surface area contributed by atoms with Gasteiger partial charge in [-0.05, 0) is 12.8 Å². The summed E-state index contributed by atoms with van der Waals surface area (Å²) in [6, 6.07) is 0.369. The first-order valence-electron chi connectivity index (χ1n) is 5.52. The maximum absolute atomic E-state index is 11.7. The summed E-state index contributed by atoms with van der Waals surface area (Å²) in [6.45, 7) is 0.548. The van der Waals surface area contributed by atoms with E-state index in [0.717, 1.165) is 12.8 Å². The first-order valence-corrected chi connectivity index (χ1v) is 5.52. The Kier molecular flexibility index (Phi) is 2.90. The summed E-state index contributed by atoms with van der Waals surface area (Å²) in [5.41, 5.74) is 2.12. The molecule has 0 bridgehead atoms. The molecule has 2 amide bonds. The maximum Gasteiger partial charge on any atom is 0.239 e. The summed E-state index contributed by atoms with van der Waals surface area (Å²) < 4.78 is 0. The number of nitrogens with two attached hydrogens (primary N) is 1. The van der Waals surface area contributed by atoms with Crippen LogP contribution in [-0.4, -0.2) is 29.3 Å². The van der Waals surface area contributed by atoms with Crippen LogP contribution in [-0.2, 0) is 9.59 Å². The molecule has 2 fully saturated rings. The standard InChI is InChI=1S/C10H17N3O2/c11-12-10(15)7-5-9(14)13(6-7)8-3-1-2-4-8/h7-8H,1-6,11H2,(H,12,15). The van der Waals surface area contributed by atoms with E-state index in [0.29, 0.717) is 19.0 Å². The minimum atomic E-state index is -0.247. The Balaban J connectivity index is 1.97. The van der Waals surface area contributed by atoms with E-state index in [2.05, 4.69) is 5.43 Å². The molecule has 0 aromatic heterocycles. The maximum atomic E-state index is 11.7. The Hall–Kier alpha value is -1.10. The van der Waals surface area contributed by atoms with Crippen LogP contribution >= 0.6 is 0 Å². The molecule has 2 aliphatic rings. The fraction of sp³-hybridized carbons (Fsp3) is 0.800. The SMILES string of the molecule is NNC(=O)C1CC(=O)N(C2CCCC2)C1. The van der Waals surface area contributed by atoms with Crippen molar-refractivity contribution in [2.45, 2.75) is 38.1 Å². The topological polar surface area (TPSA) is 75.4 Å². The van der Waals surface area contributed by atoms with Gasteiger partial charge in [-0.25, -0.2) is 5.84 Å². The molecule has 1 saturated carbocycles. The number of likely N-dealkylation sites (tertiary alicyclic amines) is 1. The molecule has 0 aromatic carbocycles. The Bertz CT molecular complexity index is 274. The quantitative estimate of drug-likeness (QED) is 0.376. The molecule has 0 spiro atoms. The molecule has 5 nitrogen and oxygen atoms in total. The second-order valence-corrected chi connectivity index (χ2v) is 4.39. The van der Waals surface area contributed by atoms with E-state index in [-0.39, 0.29) is 17.7 Å². The average molecular weight is 211 g/mol. The molecular weight excluding hydrogens is 194 g/mol. The van der Waals surface area contributed by atoms with Gasteiger partial charge in [-0.1, -0.05) is 12.8 Å². The largest absolute Gasteiger partial charge is 0.339 e. The molecule has 15 heavy (non-hydrogen) atoms. The lowest BCUT2D eigenvalue weighted by molar-refractivity contribution is -0.130. The normalized spacial score (nSPS) is 27.4. The van der Waals surface area contributed by atoms with E-state index in [4.69, 9.17) is 5.84 Å². The highest BCUT2D eigenvalue weighted by molar-refractivity contribution is 5.89. The molecule has 84 valence electrons. The number of nitrogens with one attached hydrogen (secondary N) is 1. The van der Waals surface area contributed by atoms with Gasteiger partial charge in [0.15, 0.2) is 0 Å². The number of carbonyl (C=O) groups is 2. The zero-order valence-corrected chi connectivity index (χ0v) is 8.74. The summed E-state index contributed by atoms with van der Waals surface area (Å²) in [6.07, 6.45) is 4.88. The summed E-state index contributed by atoms with van der Waals surface area (Å²) in [7, 11) is 0. The average Bonchev–Trinajstić information content (AvgIpc) is 2.84. The van der Waals surface area contributed by atoms with Gasteiger partial charge < -0.3 is 4.90 Å². The van der Waals surface area contributed by atoms with Gasteiger partial charge >= 0.3 is 0 Å². The Morgan fingerprint density at radius 2 is 2.07 bits per heavy atom. The third kappa shape index (κ3) is 1.97. The molecule has 1 saturated heterocycles. The van der Waals surface area contributed by atoms with Gasteiger partial charge in [0.25, 0.3) is 0 Å². The second-order valence-electron chi connectivity index (χ2n) is 4.39. The zero-order valence-electron chi connectivity index (χ0n) is 8.74. The molecule has 1 atom stereocenters. The van der Waals surface area contributed by atoms with Crippen LogP contribution < -0.4 is 11.3 Å². The van der Waals surface area contributed by atoms with Crippen LogP contribution in [0.25, 0.3) is 0 Å². The summed E-state index contributed by atoms with van der Waals surface area (Å²) >= 11 is 0. The van der Waals surface area contributed by atoms with Crippen molar-refractivity contribution in [3.05, 3.63) is 0 Å². The lowest BCUT2D eigenvalue weighted by Crippen LogP contribution is -2.39. The van der Waals surface area contributed by atoms with Crippen LogP contribution in [0.2, 0.25) is 0 Å². The van der Waals surface area contributed by atoms with Gasteiger partial charge in [0.1, 0.15) is 0 Å². The van der Waals surface area contributed by atoms with Crippen molar-refractivity contribution in [3.8, 4) is 0 Å². The predicted molar refractivity (Wildman–Crippen MR) is 54.4 cm³/mol. The summed E-state index contributed by atoms with van der Waals surface area (Å²) in [4.78, 5) is 24.9. The molecule has 1 aliphatic carbocycles. The van der Waals surface area contributed by atoms with E-state index < -0.39 is 0 Å². The van der Waals surface area contributed by atoms with Crippen molar-refractivity contribution in [1.29, 1.82) is 0 Å². The van der Waals surface area contributed by atoms with Crippen molar-refractivity contribution >= 4 is 11.8 Å².